The number of rotatable bonds is 6. The molecule has 6 nitrogen and oxygen atoms in total. The van der Waals surface area contributed by atoms with Crippen LogP contribution in [0.4, 0.5) is 4.39 Å². The summed E-state index contributed by atoms with van der Waals surface area (Å²) < 4.78 is 19.1. The van der Waals surface area contributed by atoms with Crippen molar-refractivity contribution in [3.8, 4) is 0 Å². The van der Waals surface area contributed by atoms with Crippen molar-refractivity contribution in [2.45, 2.75) is 24.9 Å². The molecule has 2 amide bonds. The van der Waals surface area contributed by atoms with Crippen molar-refractivity contribution in [3.05, 3.63) is 35.6 Å². The van der Waals surface area contributed by atoms with Gasteiger partial charge in [-0.25, -0.2) is 9.18 Å². The Morgan fingerprint density at radius 1 is 1.37 bits per heavy atom. The molecule has 0 radical (unpaired) electrons. The van der Waals surface area contributed by atoms with Crippen LogP contribution in [0, 0.1) is 17.7 Å². The summed E-state index contributed by atoms with van der Waals surface area (Å²) in [4.78, 5) is 39.9. The topological polar surface area (TPSA) is 80.3 Å². The third kappa shape index (κ3) is 3.14. The van der Waals surface area contributed by atoms with Crippen LogP contribution in [0.1, 0.15) is 24.9 Å². The lowest BCUT2D eigenvalue weighted by Crippen LogP contribution is -2.98. The van der Waals surface area contributed by atoms with Crippen molar-refractivity contribution in [3.63, 3.8) is 0 Å². The van der Waals surface area contributed by atoms with Crippen molar-refractivity contribution >= 4 is 29.5 Å². The lowest BCUT2D eigenvalue weighted by Gasteiger charge is -2.29. The Morgan fingerprint density at radius 3 is 2.74 bits per heavy atom. The summed E-state index contributed by atoms with van der Waals surface area (Å²) >= 11 is 1.56. The van der Waals surface area contributed by atoms with Crippen molar-refractivity contribution in [1.29, 1.82) is 0 Å². The first-order valence-electron chi connectivity index (χ1n) is 8.96. The van der Waals surface area contributed by atoms with Crippen molar-refractivity contribution in [2.24, 2.45) is 11.8 Å². The average Bonchev–Trinajstić information content (AvgIpc) is 3.11. The molecule has 2 aliphatic rings. The van der Waals surface area contributed by atoms with Crippen molar-refractivity contribution in [1.82, 2.24) is 4.90 Å². The number of benzene rings is 1. The molecule has 3 rings (SSSR count). The van der Waals surface area contributed by atoms with Gasteiger partial charge in [-0.2, -0.15) is 11.8 Å². The third-order valence-electron chi connectivity index (χ3n) is 5.60. The number of amides is 2. The fourth-order valence-electron chi connectivity index (χ4n) is 4.36. The van der Waals surface area contributed by atoms with Gasteiger partial charge in [0.25, 0.3) is 0 Å². The predicted molar refractivity (Wildman–Crippen MR) is 98.2 cm³/mol. The number of nitrogens with two attached hydrogens (primary N) is 1. The number of hydrogen-bond donors (Lipinski definition) is 1. The first-order chi connectivity index (χ1) is 12.9. The number of fused-ring (bicyclic) bond motifs is 1. The fourth-order valence-corrected chi connectivity index (χ4v) is 4.90. The number of hydrogen-bond acceptors (Lipinski definition) is 5. The van der Waals surface area contributed by atoms with Gasteiger partial charge in [-0.3, -0.25) is 14.5 Å². The van der Waals surface area contributed by atoms with Crippen LogP contribution in [0.3, 0.4) is 0 Å². The summed E-state index contributed by atoms with van der Waals surface area (Å²) in [6.07, 6.45) is 2.32. The zero-order valence-electron chi connectivity index (χ0n) is 15.6. The lowest BCUT2D eigenvalue weighted by molar-refractivity contribution is -0.734. The van der Waals surface area contributed by atoms with Gasteiger partial charge in [0.15, 0.2) is 0 Å². The van der Waals surface area contributed by atoms with Gasteiger partial charge in [0.1, 0.15) is 23.7 Å². The van der Waals surface area contributed by atoms with Crippen LogP contribution in [0.2, 0.25) is 0 Å². The maximum Gasteiger partial charge on any atom is 0.368 e. The molecule has 8 heteroatoms. The van der Waals surface area contributed by atoms with E-state index in [9.17, 15) is 18.8 Å². The molecule has 2 fully saturated rings. The van der Waals surface area contributed by atoms with Gasteiger partial charge in [0, 0.05) is 19.0 Å². The molecule has 0 unspecified atom stereocenters. The van der Waals surface area contributed by atoms with Gasteiger partial charge in [0.2, 0.25) is 17.4 Å². The number of carbonyl (C=O) groups excluding carboxylic acids is 3. The summed E-state index contributed by atoms with van der Waals surface area (Å²) in [6.45, 7) is 1.90. The van der Waals surface area contributed by atoms with Crippen LogP contribution >= 0.6 is 11.8 Å². The normalized spacial score (nSPS) is 29.9. The molecular formula is C19H24FN2O4S+. The number of carbonyl (C=O) groups is 3. The minimum Gasteiger partial charge on any atom is -0.461 e. The molecular weight excluding hydrogens is 371 g/mol. The highest BCUT2D eigenvalue weighted by molar-refractivity contribution is 7.98. The third-order valence-corrected chi connectivity index (χ3v) is 6.21. The molecule has 0 aliphatic carbocycles. The largest absolute Gasteiger partial charge is 0.461 e. The van der Waals surface area contributed by atoms with E-state index in [1.807, 2.05) is 6.26 Å². The van der Waals surface area contributed by atoms with E-state index < -0.39 is 35.2 Å². The summed E-state index contributed by atoms with van der Waals surface area (Å²) in [6, 6.07) is 5.48. The molecule has 2 heterocycles. The van der Waals surface area contributed by atoms with Crippen LogP contribution < -0.4 is 5.32 Å². The fraction of sp³-hybridized carbons (Fsp3) is 0.526. The zero-order chi connectivity index (χ0) is 19.8. The SMILES string of the molecule is CCOC(=O)[C@]1(CCSC)[NH2+][C@@H](c2cccc(F)c2)[C@H]2C(=O)N(C)C(=O)[C@@H]21. The second kappa shape index (κ2) is 7.59. The quantitative estimate of drug-likeness (QED) is 0.567. The number of ether oxygens (including phenoxy) is 1. The van der Waals surface area contributed by atoms with E-state index in [2.05, 4.69) is 0 Å². The van der Waals surface area contributed by atoms with E-state index in [-0.39, 0.29) is 18.4 Å². The minimum absolute atomic E-state index is 0.188. The van der Waals surface area contributed by atoms with E-state index >= 15 is 0 Å². The molecule has 2 aliphatic heterocycles. The molecule has 0 bridgehead atoms. The second-order valence-corrected chi connectivity index (χ2v) is 7.98. The van der Waals surface area contributed by atoms with Gasteiger partial charge in [-0.05, 0) is 31.1 Å². The predicted octanol–water partition coefficient (Wildman–Crippen LogP) is 0.730. The van der Waals surface area contributed by atoms with Crippen LogP contribution in [0.5, 0.6) is 0 Å². The molecule has 0 saturated carbocycles. The molecule has 2 saturated heterocycles. The lowest BCUT2D eigenvalue weighted by atomic mass is 9.78. The van der Waals surface area contributed by atoms with Gasteiger partial charge in [-0.1, -0.05) is 12.1 Å². The molecule has 0 spiro atoms. The highest BCUT2D eigenvalue weighted by atomic mass is 32.2. The first kappa shape index (κ1) is 19.8. The van der Waals surface area contributed by atoms with Crippen LogP contribution in [-0.2, 0) is 19.1 Å². The molecule has 27 heavy (non-hydrogen) atoms. The highest BCUT2D eigenvalue weighted by Crippen LogP contribution is 2.45. The Hall–Kier alpha value is -1.93. The van der Waals surface area contributed by atoms with E-state index in [1.165, 1.54) is 19.2 Å². The number of likely N-dealkylation sites (tertiary alicyclic amines) is 1. The Morgan fingerprint density at radius 2 is 2.11 bits per heavy atom. The van der Waals surface area contributed by atoms with Crippen molar-refractivity contribution in [2.75, 3.05) is 25.7 Å². The highest BCUT2D eigenvalue weighted by Gasteiger charge is 2.71. The van der Waals surface area contributed by atoms with Gasteiger partial charge >= 0.3 is 5.97 Å². The summed E-state index contributed by atoms with van der Waals surface area (Å²) in [5.41, 5.74) is -0.588. The zero-order valence-corrected chi connectivity index (χ0v) is 16.4. The van der Waals surface area contributed by atoms with Gasteiger partial charge < -0.3 is 10.1 Å². The molecule has 1 aromatic carbocycles. The summed E-state index contributed by atoms with van der Waals surface area (Å²) in [7, 11) is 1.44. The molecule has 146 valence electrons. The van der Waals surface area contributed by atoms with Crippen molar-refractivity contribution < 1.29 is 28.8 Å². The van der Waals surface area contributed by atoms with E-state index in [0.717, 1.165) is 4.90 Å². The Bertz CT molecular complexity index is 774. The monoisotopic (exact) mass is 395 g/mol. The standard InChI is InChI=1S/C19H23FN2O4S/c1-4-26-18(25)19(8-9-27-3)14-13(16(23)22(2)17(14)24)15(21-19)11-6-5-7-12(20)10-11/h5-7,10,13-15,21H,4,8-9H2,1-3H3/p+1/t13-,14+,15-,19+/m0/s1. The van der Waals surface area contributed by atoms with E-state index in [0.29, 0.717) is 17.7 Å². The minimum atomic E-state index is -1.18. The van der Waals surface area contributed by atoms with Crippen LogP contribution in [0.15, 0.2) is 24.3 Å². The maximum absolute atomic E-state index is 13.8. The Labute approximate surface area is 161 Å². The second-order valence-electron chi connectivity index (χ2n) is 6.99. The average molecular weight is 395 g/mol. The molecule has 0 aromatic heterocycles. The van der Waals surface area contributed by atoms with Crippen LogP contribution in [0.25, 0.3) is 0 Å². The maximum atomic E-state index is 13.8. The van der Waals surface area contributed by atoms with Crippen LogP contribution in [-0.4, -0.2) is 53.9 Å². The Balaban J connectivity index is 2.12. The van der Waals surface area contributed by atoms with Gasteiger partial charge in [-0.15, -0.1) is 0 Å². The number of thioether (sulfide) groups is 1. The number of quaternary nitrogens is 1. The molecule has 1 aromatic rings. The Kier molecular flexibility index (Phi) is 5.58. The van der Waals surface area contributed by atoms with E-state index in [4.69, 9.17) is 4.74 Å². The number of esters is 1. The molecule has 2 N–H and O–H groups in total. The van der Waals surface area contributed by atoms with Gasteiger partial charge in [0.05, 0.1) is 6.61 Å². The summed E-state index contributed by atoms with van der Waals surface area (Å²) in [5, 5.41) is 1.77. The number of imide groups is 1. The summed E-state index contributed by atoms with van der Waals surface area (Å²) in [5.74, 6) is -2.48. The number of halogens is 1. The smallest absolute Gasteiger partial charge is 0.368 e. The number of nitrogens with zero attached hydrogens (tertiary/aromatic N) is 1. The molecule has 4 atom stereocenters. The first-order valence-corrected chi connectivity index (χ1v) is 10.4. The van der Waals surface area contributed by atoms with E-state index in [1.54, 1.807) is 36.1 Å².